The molecule has 96 valence electrons. The van der Waals surface area contributed by atoms with Gasteiger partial charge in [-0.05, 0) is 42.8 Å². The minimum Gasteiger partial charge on any atom is -0.360 e. The van der Waals surface area contributed by atoms with Gasteiger partial charge in [-0.2, -0.15) is 0 Å². The molecule has 0 radical (unpaired) electrons. The molecule has 1 heterocycles. The largest absolute Gasteiger partial charge is 0.360 e. The second kappa shape index (κ2) is 5.48. The molecule has 0 atom stereocenters. The Labute approximate surface area is 112 Å². The smallest absolute Gasteiger partial charge is 0.204 e. The van der Waals surface area contributed by atoms with E-state index in [0.717, 1.165) is 21.5 Å². The maximum atomic E-state index is 5.04. The molecule has 0 spiro atoms. The number of hydrogen-bond acceptors (Lipinski definition) is 4. The summed E-state index contributed by atoms with van der Waals surface area (Å²) in [5, 5.41) is 11.4. The molecular formula is C12H21N3S2. The van der Waals surface area contributed by atoms with Crippen molar-refractivity contribution in [2.24, 2.45) is 11.3 Å². The number of hydrogen-bond donors (Lipinski definition) is 2. The predicted molar refractivity (Wildman–Crippen MR) is 76.1 cm³/mol. The lowest BCUT2D eigenvalue weighted by Crippen LogP contribution is -2.28. The quantitative estimate of drug-likeness (QED) is 0.788. The average Bonchev–Trinajstić information content (AvgIpc) is 2.85. The van der Waals surface area contributed by atoms with Gasteiger partial charge in [-0.25, -0.2) is 0 Å². The molecule has 1 aliphatic rings. The van der Waals surface area contributed by atoms with Crippen LogP contribution in [0.5, 0.6) is 0 Å². The molecule has 0 bridgehead atoms. The minimum absolute atomic E-state index is 0.488. The van der Waals surface area contributed by atoms with Crippen molar-refractivity contribution in [3.05, 3.63) is 3.95 Å². The zero-order valence-electron chi connectivity index (χ0n) is 10.6. The molecule has 0 saturated heterocycles. The van der Waals surface area contributed by atoms with E-state index in [1.807, 2.05) is 0 Å². The van der Waals surface area contributed by atoms with Crippen LogP contribution in [0, 0.1) is 15.3 Å². The van der Waals surface area contributed by atoms with Crippen molar-refractivity contribution in [2.75, 3.05) is 11.9 Å². The Hall–Kier alpha value is -0.420. The van der Waals surface area contributed by atoms with Gasteiger partial charge in [0.05, 0.1) is 0 Å². The zero-order chi connectivity index (χ0) is 12.3. The molecule has 2 N–H and O–H groups in total. The Balaban J connectivity index is 1.96. The fourth-order valence-corrected chi connectivity index (χ4v) is 3.80. The first-order valence-corrected chi connectivity index (χ1v) is 7.62. The molecule has 0 amide bonds. The van der Waals surface area contributed by atoms with Crippen molar-refractivity contribution in [3.63, 3.8) is 0 Å². The van der Waals surface area contributed by atoms with E-state index < -0.39 is 0 Å². The number of aromatic nitrogens is 2. The molecule has 3 nitrogen and oxygen atoms in total. The van der Waals surface area contributed by atoms with E-state index in [9.17, 15) is 0 Å². The highest BCUT2D eigenvalue weighted by molar-refractivity contribution is 7.73. The van der Waals surface area contributed by atoms with E-state index in [0.29, 0.717) is 5.41 Å². The lowest BCUT2D eigenvalue weighted by Gasteiger charge is -2.31. The molecule has 1 aliphatic carbocycles. The number of aromatic amines is 1. The predicted octanol–water partition coefficient (Wildman–Crippen LogP) is 4.22. The minimum atomic E-state index is 0.488. The van der Waals surface area contributed by atoms with E-state index in [4.69, 9.17) is 12.2 Å². The molecule has 0 aliphatic heterocycles. The first-order chi connectivity index (χ1) is 8.10. The van der Waals surface area contributed by atoms with Gasteiger partial charge in [0.15, 0.2) is 3.95 Å². The maximum absolute atomic E-state index is 5.04. The number of nitrogens with one attached hydrogen (secondary N) is 2. The van der Waals surface area contributed by atoms with E-state index >= 15 is 0 Å². The third-order valence-electron chi connectivity index (χ3n) is 3.56. The summed E-state index contributed by atoms with van der Waals surface area (Å²) < 4.78 is 0.747. The summed E-state index contributed by atoms with van der Waals surface area (Å²) in [5.41, 5.74) is 0.488. The molecule has 1 fully saturated rings. The number of rotatable bonds is 5. The van der Waals surface area contributed by atoms with Gasteiger partial charge in [0, 0.05) is 6.54 Å². The van der Waals surface area contributed by atoms with Gasteiger partial charge in [-0.15, -0.1) is 5.10 Å². The molecule has 1 aromatic heterocycles. The van der Waals surface area contributed by atoms with Crippen molar-refractivity contribution in [3.8, 4) is 0 Å². The highest BCUT2D eigenvalue weighted by Gasteiger charge is 2.34. The van der Waals surface area contributed by atoms with E-state index in [-0.39, 0.29) is 0 Å². The monoisotopic (exact) mass is 271 g/mol. The van der Waals surface area contributed by atoms with Crippen LogP contribution < -0.4 is 5.32 Å². The van der Waals surface area contributed by atoms with E-state index in [1.165, 1.54) is 43.4 Å². The van der Waals surface area contributed by atoms with Gasteiger partial charge in [-0.1, -0.05) is 38.0 Å². The third-order valence-corrected chi connectivity index (χ3v) is 4.61. The first kappa shape index (κ1) is 13.0. The third kappa shape index (κ3) is 3.52. The van der Waals surface area contributed by atoms with Crippen LogP contribution in [0.3, 0.4) is 0 Å². The molecule has 1 aromatic rings. The summed E-state index contributed by atoms with van der Waals surface area (Å²) in [6, 6.07) is 0. The van der Waals surface area contributed by atoms with Crippen LogP contribution in [0.15, 0.2) is 0 Å². The average molecular weight is 271 g/mol. The number of anilines is 1. The van der Waals surface area contributed by atoms with Gasteiger partial charge in [-0.3, -0.25) is 5.10 Å². The first-order valence-electron chi connectivity index (χ1n) is 6.39. The fourth-order valence-electron chi connectivity index (χ4n) is 3.01. The van der Waals surface area contributed by atoms with Crippen molar-refractivity contribution < 1.29 is 0 Å². The van der Waals surface area contributed by atoms with Crippen LogP contribution in [0.1, 0.15) is 46.0 Å². The van der Waals surface area contributed by atoms with Crippen molar-refractivity contribution in [1.82, 2.24) is 10.2 Å². The number of H-pyrrole nitrogens is 1. The maximum Gasteiger partial charge on any atom is 0.204 e. The van der Waals surface area contributed by atoms with Crippen LogP contribution in [-0.2, 0) is 0 Å². The Morgan fingerprint density at radius 3 is 2.71 bits per heavy atom. The fraction of sp³-hybridized carbons (Fsp3) is 0.833. The van der Waals surface area contributed by atoms with E-state index in [2.05, 4.69) is 29.4 Å². The summed E-state index contributed by atoms with van der Waals surface area (Å²) in [4.78, 5) is 0. The summed E-state index contributed by atoms with van der Waals surface area (Å²) >= 11 is 6.57. The molecule has 1 saturated carbocycles. The Bertz CT molecular complexity index is 402. The summed E-state index contributed by atoms with van der Waals surface area (Å²) in [6.45, 7) is 5.68. The highest BCUT2D eigenvalue weighted by atomic mass is 32.1. The normalized spacial score (nSPS) is 18.8. The van der Waals surface area contributed by atoms with Gasteiger partial charge in [0.25, 0.3) is 0 Å². The molecule has 2 rings (SSSR count). The summed E-state index contributed by atoms with van der Waals surface area (Å²) in [6.07, 6.45) is 6.78. The molecule has 5 heteroatoms. The van der Waals surface area contributed by atoms with Gasteiger partial charge < -0.3 is 5.32 Å². The molecule has 0 aromatic carbocycles. The van der Waals surface area contributed by atoms with Gasteiger partial charge in [0.1, 0.15) is 0 Å². The van der Waals surface area contributed by atoms with Crippen molar-refractivity contribution >= 4 is 28.7 Å². The lowest BCUT2D eigenvalue weighted by atomic mass is 9.78. The van der Waals surface area contributed by atoms with Crippen LogP contribution in [0.25, 0.3) is 0 Å². The van der Waals surface area contributed by atoms with Crippen molar-refractivity contribution in [1.29, 1.82) is 0 Å². The van der Waals surface area contributed by atoms with Crippen LogP contribution >= 0.6 is 23.6 Å². The number of nitrogens with zero attached hydrogens (tertiary/aromatic N) is 1. The second-order valence-corrected chi connectivity index (χ2v) is 7.24. The lowest BCUT2D eigenvalue weighted by molar-refractivity contribution is 0.252. The van der Waals surface area contributed by atoms with E-state index in [1.54, 1.807) is 0 Å². The van der Waals surface area contributed by atoms with Crippen LogP contribution in [0.4, 0.5) is 5.13 Å². The summed E-state index contributed by atoms with van der Waals surface area (Å²) in [5.74, 6) is 0.771. The molecular weight excluding hydrogens is 250 g/mol. The van der Waals surface area contributed by atoms with Gasteiger partial charge >= 0.3 is 0 Å². The van der Waals surface area contributed by atoms with Crippen LogP contribution in [0.2, 0.25) is 0 Å². The topological polar surface area (TPSA) is 40.7 Å². The molecule has 0 unspecified atom stereocenters. The Morgan fingerprint density at radius 2 is 2.18 bits per heavy atom. The highest BCUT2D eigenvalue weighted by Crippen LogP contribution is 2.43. The molecule has 17 heavy (non-hydrogen) atoms. The standard InChI is InChI=1S/C12H21N3S2/c1-9(2)7-12(5-3-4-6-12)8-13-10-14-15-11(16)17-10/h9H,3-8H2,1-2H3,(H,13,14)(H,15,16). The van der Waals surface area contributed by atoms with Gasteiger partial charge in [0.2, 0.25) is 5.13 Å². The Kier molecular flexibility index (Phi) is 4.20. The Morgan fingerprint density at radius 1 is 1.47 bits per heavy atom. The summed E-state index contributed by atoms with van der Waals surface area (Å²) in [7, 11) is 0. The van der Waals surface area contributed by atoms with Crippen LogP contribution in [-0.4, -0.2) is 16.7 Å². The second-order valence-electron chi connectivity index (χ2n) is 5.58. The van der Waals surface area contributed by atoms with Crippen molar-refractivity contribution in [2.45, 2.75) is 46.0 Å². The SMILES string of the molecule is CC(C)CC1(CNc2n[nH]c(=S)s2)CCCC1. The zero-order valence-corrected chi connectivity index (χ0v) is 12.2.